The highest BCUT2D eigenvalue weighted by Gasteiger charge is 2.13. The van der Waals surface area contributed by atoms with Crippen molar-refractivity contribution in [3.63, 3.8) is 0 Å². The van der Waals surface area contributed by atoms with Crippen LogP contribution in [0.1, 0.15) is 5.56 Å². The van der Waals surface area contributed by atoms with E-state index in [1.54, 1.807) is 42.6 Å². The predicted molar refractivity (Wildman–Crippen MR) is 89.5 cm³/mol. The Morgan fingerprint density at radius 2 is 2.23 bits per heavy atom. The van der Waals surface area contributed by atoms with Gasteiger partial charge in [0.15, 0.2) is 4.77 Å². The second-order valence-electron chi connectivity index (χ2n) is 4.52. The van der Waals surface area contributed by atoms with E-state index >= 15 is 0 Å². The van der Waals surface area contributed by atoms with Crippen LogP contribution in [0.15, 0.2) is 51.9 Å². The van der Waals surface area contributed by atoms with E-state index in [9.17, 15) is 9.90 Å². The number of rotatable bonds is 2. The Balaban J connectivity index is 2.26. The van der Waals surface area contributed by atoms with Gasteiger partial charge in [-0.15, -0.1) is 0 Å². The van der Waals surface area contributed by atoms with Gasteiger partial charge in [0, 0.05) is 11.2 Å². The Hall–Kier alpha value is -2.44. The van der Waals surface area contributed by atoms with Gasteiger partial charge in [0.2, 0.25) is 5.88 Å². The zero-order valence-electron chi connectivity index (χ0n) is 11.2. The minimum absolute atomic E-state index is 0.0762. The van der Waals surface area contributed by atoms with Crippen LogP contribution in [-0.4, -0.2) is 20.9 Å². The van der Waals surface area contributed by atoms with Crippen LogP contribution in [-0.2, 0) is 0 Å². The van der Waals surface area contributed by atoms with Gasteiger partial charge in [-0.3, -0.25) is 19.3 Å². The van der Waals surface area contributed by atoms with Crippen LogP contribution in [0.2, 0.25) is 5.02 Å². The molecule has 1 aromatic carbocycles. The molecule has 1 aliphatic heterocycles. The molecule has 0 radical (unpaired) electrons. The van der Waals surface area contributed by atoms with Crippen LogP contribution in [0, 0.1) is 4.77 Å². The lowest BCUT2D eigenvalue weighted by Crippen LogP contribution is -2.16. The average molecular weight is 332 g/mol. The molecule has 7 heteroatoms. The third-order valence-corrected chi connectivity index (χ3v) is 3.58. The third kappa shape index (κ3) is 2.66. The molecule has 0 atom stereocenters. The molecule has 5 nitrogen and oxygen atoms in total. The summed E-state index contributed by atoms with van der Waals surface area (Å²) in [5.41, 5.74) is 0.711. The van der Waals surface area contributed by atoms with Gasteiger partial charge >= 0.3 is 0 Å². The summed E-state index contributed by atoms with van der Waals surface area (Å²) in [6, 6.07) is 6.80. The second kappa shape index (κ2) is 5.75. The largest absolute Gasteiger partial charge is 0.494 e. The van der Waals surface area contributed by atoms with Gasteiger partial charge in [-0.1, -0.05) is 17.7 Å². The van der Waals surface area contributed by atoms with Crippen LogP contribution in [0.25, 0.3) is 11.8 Å². The summed E-state index contributed by atoms with van der Waals surface area (Å²) in [7, 11) is 0. The number of aliphatic imine (C=N–C) groups is 1. The second-order valence-corrected chi connectivity index (χ2v) is 5.34. The van der Waals surface area contributed by atoms with Crippen LogP contribution in [0.5, 0.6) is 5.88 Å². The molecule has 2 N–H and O–H groups in total. The molecule has 0 bridgehead atoms. The first kappa shape index (κ1) is 14.5. The van der Waals surface area contributed by atoms with Crippen molar-refractivity contribution in [1.82, 2.24) is 9.55 Å². The van der Waals surface area contributed by atoms with E-state index in [1.807, 2.05) is 0 Å². The molecule has 3 rings (SSSR count). The number of aromatic nitrogens is 2. The van der Waals surface area contributed by atoms with Gasteiger partial charge in [-0.25, -0.2) is 0 Å². The van der Waals surface area contributed by atoms with E-state index in [2.05, 4.69) is 9.98 Å². The van der Waals surface area contributed by atoms with Crippen LogP contribution < -0.4 is 5.56 Å². The summed E-state index contributed by atoms with van der Waals surface area (Å²) >= 11 is 11.1. The van der Waals surface area contributed by atoms with Gasteiger partial charge in [0.25, 0.3) is 5.56 Å². The number of aromatic hydroxyl groups is 1. The first-order valence-corrected chi connectivity index (χ1v) is 7.11. The minimum atomic E-state index is -0.483. The Labute approximate surface area is 135 Å². The fourth-order valence-corrected chi connectivity index (χ4v) is 2.54. The molecule has 1 aliphatic rings. The maximum Gasteiger partial charge on any atom is 0.262 e. The average Bonchev–Trinajstić information content (AvgIpc) is 2.96. The van der Waals surface area contributed by atoms with E-state index in [0.29, 0.717) is 16.4 Å². The molecule has 0 saturated carbocycles. The van der Waals surface area contributed by atoms with Crippen LogP contribution in [0.4, 0.5) is 0 Å². The molecule has 22 heavy (non-hydrogen) atoms. The molecule has 0 spiro atoms. The Morgan fingerprint density at radius 1 is 1.41 bits per heavy atom. The molecule has 2 aromatic rings. The number of hydrogen-bond acceptors (Lipinski definition) is 4. The van der Waals surface area contributed by atoms with E-state index < -0.39 is 5.56 Å². The topological polar surface area (TPSA) is 70.4 Å². The summed E-state index contributed by atoms with van der Waals surface area (Å²) in [6.45, 7) is 0. The summed E-state index contributed by atoms with van der Waals surface area (Å²) in [5.74, 6) is -0.265. The van der Waals surface area contributed by atoms with Crippen molar-refractivity contribution in [2.24, 2.45) is 4.99 Å². The molecule has 0 amide bonds. The standard InChI is InChI=1S/C15H10ClN3O2S/c16-9-3-1-5-11(7-9)19-14(21)12(13(20)18-15(19)22)8-10-4-2-6-17-10/h1-8,21H,(H,18,20,22)/b10-8-. The SMILES string of the molecule is O=c1[nH]c(=S)n(-c2cccc(Cl)c2)c(O)c1/C=C1/C=CC=N1. The van der Waals surface area contributed by atoms with Crippen molar-refractivity contribution >= 4 is 36.1 Å². The molecular formula is C15H10ClN3O2S. The van der Waals surface area contributed by atoms with Crippen molar-refractivity contribution in [3.05, 3.63) is 67.8 Å². The maximum absolute atomic E-state index is 12.1. The monoisotopic (exact) mass is 331 g/mol. The number of allylic oxidation sites excluding steroid dienone is 2. The number of benzene rings is 1. The first-order valence-electron chi connectivity index (χ1n) is 6.33. The van der Waals surface area contributed by atoms with Crippen LogP contribution >= 0.6 is 23.8 Å². The summed E-state index contributed by atoms with van der Waals surface area (Å²) < 4.78 is 1.43. The van der Waals surface area contributed by atoms with E-state index in [1.165, 1.54) is 10.6 Å². The van der Waals surface area contributed by atoms with E-state index in [0.717, 1.165) is 0 Å². The van der Waals surface area contributed by atoms with Gasteiger partial charge in [-0.05, 0) is 48.6 Å². The van der Waals surface area contributed by atoms with Crippen molar-refractivity contribution in [2.75, 3.05) is 0 Å². The Morgan fingerprint density at radius 3 is 2.91 bits per heavy atom. The quantitative estimate of drug-likeness (QED) is 0.830. The first-order chi connectivity index (χ1) is 10.6. The van der Waals surface area contributed by atoms with Gasteiger partial charge in [0.05, 0.1) is 11.4 Å². The van der Waals surface area contributed by atoms with Gasteiger partial charge in [0.1, 0.15) is 5.56 Å². The zero-order chi connectivity index (χ0) is 15.7. The summed E-state index contributed by atoms with van der Waals surface area (Å²) in [5, 5.41) is 11.0. The fourth-order valence-electron chi connectivity index (χ4n) is 2.07. The molecule has 0 saturated heterocycles. The molecule has 110 valence electrons. The third-order valence-electron chi connectivity index (χ3n) is 3.06. The molecular weight excluding hydrogens is 322 g/mol. The molecule has 0 fully saturated rings. The molecule has 0 unspecified atom stereocenters. The highest BCUT2D eigenvalue weighted by Crippen LogP contribution is 2.24. The number of hydrogen-bond donors (Lipinski definition) is 2. The smallest absolute Gasteiger partial charge is 0.262 e. The lowest BCUT2D eigenvalue weighted by atomic mass is 10.2. The molecule has 2 heterocycles. The Bertz CT molecular complexity index is 940. The van der Waals surface area contributed by atoms with Crippen molar-refractivity contribution < 1.29 is 5.11 Å². The normalized spacial score (nSPS) is 14.9. The molecule has 0 aliphatic carbocycles. The van der Waals surface area contributed by atoms with E-state index in [-0.39, 0.29) is 16.2 Å². The summed E-state index contributed by atoms with van der Waals surface area (Å²) in [4.78, 5) is 18.7. The van der Waals surface area contributed by atoms with Crippen LogP contribution in [0.3, 0.4) is 0 Å². The zero-order valence-corrected chi connectivity index (χ0v) is 12.7. The maximum atomic E-state index is 12.1. The minimum Gasteiger partial charge on any atom is -0.494 e. The summed E-state index contributed by atoms with van der Waals surface area (Å²) in [6.07, 6.45) is 6.56. The highest BCUT2D eigenvalue weighted by molar-refractivity contribution is 7.71. The number of aromatic amines is 1. The van der Waals surface area contributed by atoms with Crippen molar-refractivity contribution in [1.29, 1.82) is 0 Å². The van der Waals surface area contributed by atoms with E-state index in [4.69, 9.17) is 23.8 Å². The number of nitrogens with one attached hydrogen (secondary N) is 1. The van der Waals surface area contributed by atoms with Gasteiger partial charge < -0.3 is 5.11 Å². The number of nitrogens with zero attached hydrogens (tertiary/aromatic N) is 2. The lowest BCUT2D eigenvalue weighted by Gasteiger charge is -2.11. The van der Waals surface area contributed by atoms with Crippen molar-refractivity contribution in [2.45, 2.75) is 0 Å². The Kier molecular flexibility index (Phi) is 3.79. The van der Waals surface area contributed by atoms with Gasteiger partial charge in [-0.2, -0.15) is 0 Å². The number of halogens is 1. The molecule has 1 aromatic heterocycles. The predicted octanol–water partition coefficient (Wildman–Crippen LogP) is 3.24. The lowest BCUT2D eigenvalue weighted by molar-refractivity contribution is 0.432. The number of H-pyrrole nitrogens is 1. The van der Waals surface area contributed by atoms with Crippen molar-refractivity contribution in [3.8, 4) is 11.6 Å². The highest BCUT2D eigenvalue weighted by atomic mass is 35.5. The fraction of sp³-hybridized carbons (Fsp3) is 0.